The molecule has 0 aliphatic carbocycles. The monoisotopic (exact) mass is 292 g/mol. The SMILES string of the molecule is CC(C)CNC(=O)CCNCc1ccccc1CC(=O)O. The van der Waals surface area contributed by atoms with Crippen molar-refractivity contribution in [3.05, 3.63) is 35.4 Å². The minimum Gasteiger partial charge on any atom is -0.481 e. The number of aliphatic carboxylic acids is 1. The first-order chi connectivity index (χ1) is 9.99. The highest BCUT2D eigenvalue weighted by Crippen LogP contribution is 2.09. The Labute approximate surface area is 125 Å². The second-order valence-electron chi connectivity index (χ2n) is 5.46. The average molecular weight is 292 g/mol. The Bertz CT molecular complexity index is 472. The molecule has 0 saturated carbocycles. The van der Waals surface area contributed by atoms with Gasteiger partial charge in [-0.25, -0.2) is 0 Å². The zero-order chi connectivity index (χ0) is 15.7. The first-order valence-electron chi connectivity index (χ1n) is 7.25. The van der Waals surface area contributed by atoms with Gasteiger partial charge >= 0.3 is 5.97 Å². The molecule has 0 heterocycles. The molecule has 0 atom stereocenters. The van der Waals surface area contributed by atoms with Gasteiger partial charge in [0.15, 0.2) is 0 Å². The minimum absolute atomic E-state index is 0.0206. The van der Waals surface area contributed by atoms with E-state index in [1.165, 1.54) is 0 Å². The van der Waals surface area contributed by atoms with Crippen LogP contribution in [0.4, 0.5) is 0 Å². The third-order valence-corrected chi connectivity index (χ3v) is 3.01. The number of amides is 1. The lowest BCUT2D eigenvalue weighted by Gasteiger charge is -2.10. The lowest BCUT2D eigenvalue weighted by molar-refractivity contribution is -0.136. The van der Waals surface area contributed by atoms with Gasteiger partial charge in [-0.2, -0.15) is 0 Å². The zero-order valence-corrected chi connectivity index (χ0v) is 12.7. The van der Waals surface area contributed by atoms with E-state index in [1.807, 2.05) is 24.3 Å². The van der Waals surface area contributed by atoms with Crippen molar-refractivity contribution < 1.29 is 14.7 Å². The maximum atomic E-state index is 11.5. The fourth-order valence-corrected chi connectivity index (χ4v) is 1.90. The highest BCUT2D eigenvalue weighted by molar-refractivity contribution is 5.76. The number of hydrogen-bond acceptors (Lipinski definition) is 3. The van der Waals surface area contributed by atoms with E-state index in [0.29, 0.717) is 32.0 Å². The summed E-state index contributed by atoms with van der Waals surface area (Å²) in [5, 5.41) is 14.9. The Morgan fingerprint density at radius 3 is 2.48 bits per heavy atom. The smallest absolute Gasteiger partial charge is 0.307 e. The summed E-state index contributed by atoms with van der Waals surface area (Å²) >= 11 is 0. The molecular formula is C16H24N2O3. The topological polar surface area (TPSA) is 78.4 Å². The molecule has 21 heavy (non-hydrogen) atoms. The van der Waals surface area contributed by atoms with Crippen LogP contribution < -0.4 is 10.6 Å². The van der Waals surface area contributed by atoms with Crippen LogP contribution in [0, 0.1) is 5.92 Å². The van der Waals surface area contributed by atoms with E-state index in [1.54, 1.807) is 0 Å². The van der Waals surface area contributed by atoms with Crippen molar-refractivity contribution in [1.82, 2.24) is 10.6 Å². The fourth-order valence-electron chi connectivity index (χ4n) is 1.90. The number of rotatable bonds is 9. The lowest BCUT2D eigenvalue weighted by atomic mass is 10.0. The molecule has 116 valence electrons. The van der Waals surface area contributed by atoms with Crippen LogP contribution in [0.2, 0.25) is 0 Å². The molecule has 0 saturated heterocycles. The lowest BCUT2D eigenvalue weighted by Crippen LogP contribution is -2.30. The average Bonchev–Trinajstić information content (AvgIpc) is 2.42. The molecule has 1 aromatic rings. The molecule has 0 aromatic heterocycles. The van der Waals surface area contributed by atoms with Gasteiger partial charge in [-0.3, -0.25) is 9.59 Å². The Balaban J connectivity index is 2.32. The number of carboxylic acid groups (broad SMARTS) is 1. The van der Waals surface area contributed by atoms with Crippen molar-refractivity contribution in [3.8, 4) is 0 Å². The van der Waals surface area contributed by atoms with E-state index >= 15 is 0 Å². The molecular weight excluding hydrogens is 268 g/mol. The predicted octanol–water partition coefficient (Wildman–Crippen LogP) is 1.57. The largest absolute Gasteiger partial charge is 0.481 e. The van der Waals surface area contributed by atoms with Crippen molar-refractivity contribution in [2.75, 3.05) is 13.1 Å². The van der Waals surface area contributed by atoms with Crippen LogP contribution >= 0.6 is 0 Å². The van der Waals surface area contributed by atoms with Crippen LogP contribution in [0.3, 0.4) is 0 Å². The van der Waals surface area contributed by atoms with Gasteiger partial charge in [0.2, 0.25) is 5.91 Å². The third kappa shape index (κ3) is 7.46. The van der Waals surface area contributed by atoms with Gasteiger partial charge < -0.3 is 15.7 Å². The van der Waals surface area contributed by atoms with Gasteiger partial charge in [-0.15, -0.1) is 0 Å². The van der Waals surface area contributed by atoms with Crippen LogP contribution in [-0.4, -0.2) is 30.1 Å². The second kappa shape index (κ2) is 9.13. The van der Waals surface area contributed by atoms with E-state index < -0.39 is 5.97 Å². The molecule has 1 amide bonds. The van der Waals surface area contributed by atoms with Crippen LogP contribution in [-0.2, 0) is 22.6 Å². The van der Waals surface area contributed by atoms with E-state index in [4.69, 9.17) is 5.11 Å². The molecule has 1 aromatic carbocycles. The van der Waals surface area contributed by atoms with Crippen molar-refractivity contribution in [2.45, 2.75) is 33.2 Å². The molecule has 0 unspecified atom stereocenters. The summed E-state index contributed by atoms with van der Waals surface area (Å²) in [7, 11) is 0. The first-order valence-corrected chi connectivity index (χ1v) is 7.25. The van der Waals surface area contributed by atoms with Crippen LogP contribution in [0.1, 0.15) is 31.4 Å². The van der Waals surface area contributed by atoms with Gasteiger partial charge in [0.25, 0.3) is 0 Å². The number of nitrogens with one attached hydrogen (secondary N) is 2. The number of carbonyl (C=O) groups is 2. The van der Waals surface area contributed by atoms with Gasteiger partial charge in [-0.05, 0) is 17.0 Å². The molecule has 1 rings (SSSR count). The maximum absolute atomic E-state index is 11.5. The Kier molecular flexibility index (Phi) is 7.46. The Morgan fingerprint density at radius 1 is 1.19 bits per heavy atom. The van der Waals surface area contributed by atoms with Gasteiger partial charge in [0.1, 0.15) is 0 Å². The zero-order valence-electron chi connectivity index (χ0n) is 12.7. The summed E-state index contributed by atoms with van der Waals surface area (Å²) in [4.78, 5) is 22.3. The van der Waals surface area contributed by atoms with Crippen molar-refractivity contribution in [1.29, 1.82) is 0 Å². The Morgan fingerprint density at radius 2 is 1.86 bits per heavy atom. The molecule has 0 radical (unpaired) electrons. The van der Waals surface area contributed by atoms with E-state index in [2.05, 4.69) is 24.5 Å². The summed E-state index contributed by atoms with van der Waals surface area (Å²) in [6.45, 7) is 5.95. The minimum atomic E-state index is -0.837. The third-order valence-electron chi connectivity index (χ3n) is 3.01. The normalized spacial score (nSPS) is 10.6. The molecule has 0 aliphatic rings. The number of hydrogen-bond donors (Lipinski definition) is 3. The van der Waals surface area contributed by atoms with Crippen molar-refractivity contribution >= 4 is 11.9 Å². The highest BCUT2D eigenvalue weighted by atomic mass is 16.4. The summed E-state index contributed by atoms with van der Waals surface area (Å²) < 4.78 is 0. The highest BCUT2D eigenvalue weighted by Gasteiger charge is 2.06. The fraction of sp³-hybridized carbons (Fsp3) is 0.500. The Hall–Kier alpha value is -1.88. The van der Waals surface area contributed by atoms with E-state index in [-0.39, 0.29) is 12.3 Å². The predicted molar refractivity (Wildman–Crippen MR) is 82.0 cm³/mol. The summed E-state index contributed by atoms with van der Waals surface area (Å²) in [6, 6.07) is 7.45. The first kappa shape index (κ1) is 17.2. The quantitative estimate of drug-likeness (QED) is 0.604. The van der Waals surface area contributed by atoms with Crippen LogP contribution in [0.25, 0.3) is 0 Å². The van der Waals surface area contributed by atoms with Gasteiger partial charge in [0, 0.05) is 26.1 Å². The van der Waals surface area contributed by atoms with Gasteiger partial charge in [0.05, 0.1) is 6.42 Å². The van der Waals surface area contributed by atoms with Gasteiger partial charge in [-0.1, -0.05) is 38.1 Å². The van der Waals surface area contributed by atoms with Crippen molar-refractivity contribution in [2.24, 2.45) is 5.92 Å². The molecule has 0 aliphatic heterocycles. The van der Waals surface area contributed by atoms with Crippen LogP contribution in [0.5, 0.6) is 0 Å². The second-order valence-corrected chi connectivity index (χ2v) is 5.46. The number of carboxylic acids is 1. The van der Waals surface area contributed by atoms with E-state index in [0.717, 1.165) is 11.1 Å². The van der Waals surface area contributed by atoms with E-state index in [9.17, 15) is 9.59 Å². The molecule has 3 N–H and O–H groups in total. The molecule has 5 heteroatoms. The number of carbonyl (C=O) groups excluding carboxylic acids is 1. The summed E-state index contributed by atoms with van der Waals surface area (Å²) in [6.07, 6.45) is 0.445. The molecule has 0 spiro atoms. The molecule has 0 bridgehead atoms. The summed E-state index contributed by atoms with van der Waals surface area (Å²) in [5.41, 5.74) is 1.77. The molecule has 5 nitrogen and oxygen atoms in total. The number of benzene rings is 1. The van der Waals surface area contributed by atoms with Crippen LogP contribution in [0.15, 0.2) is 24.3 Å². The maximum Gasteiger partial charge on any atom is 0.307 e. The standard InChI is InChI=1S/C16H24N2O3/c1-12(2)10-18-15(19)7-8-17-11-14-6-4-3-5-13(14)9-16(20)21/h3-6,12,17H,7-11H2,1-2H3,(H,18,19)(H,20,21). The molecule has 0 fully saturated rings. The summed E-state index contributed by atoms with van der Waals surface area (Å²) in [5.74, 6) is -0.352. The van der Waals surface area contributed by atoms with Crippen molar-refractivity contribution in [3.63, 3.8) is 0 Å².